The first-order chi connectivity index (χ1) is 9.90. The molecule has 1 aromatic rings. The number of benzene rings is 1. The monoisotopic (exact) mass is 301 g/mol. The molecule has 0 aliphatic carbocycles. The second-order valence-corrected chi connectivity index (χ2v) is 5.06. The first kappa shape index (κ1) is 15.3. The van der Waals surface area contributed by atoms with E-state index in [0.29, 0.717) is 32.0 Å². The Bertz CT molecular complexity index is 577. The van der Waals surface area contributed by atoms with Gasteiger partial charge in [-0.05, 0) is 30.9 Å². The highest BCUT2D eigenvalue weighted by Gasteiger charge is 2.29. The van der Waals surface area contributed by atoms with Crippen LogP contribution in [0.5, 0.6) is 0 Å². The molecule has 2 rings (SSSR count). The van der Waals surface area contributed by atoms with Crippen LogP contribution in [0.25, 0.3) is 0 Å². The fourth-order valence-electron chi connectivity index (χ4n) is 2.44. The summed E-state index contributed by atoms with van der Waals surface area (Å²) in [6.07, 6.45) is 1.05. The number of carboxylic acids is 1. The maximum absolute atomic E-state index is 13.6. The van der Waals surface area contributed by atoms with E-state index in [2.05, 4.69) is 0 Å². The van der Waals surface area contributed by atoms with Crippen LogP contribution in [0.2, 0.25) is 0 Å². The van der Waals surface area contributed by atoms with Crippen LogP contribution in [-0.2, 0) is 4.79 Å². The van der Waals surface area contributed by atoms with Crippen molar-refractivity contribution in [3.63, 3.8) is 0 Å². The lowest BCUT2D eigenvalue weighted by Gasteiger charge is -2.17. The van der Waals surface area contributed by atoms with E-state index in [1.807, 2.05) is 0 Å². The van der Waals surface area contributed by atoms with Crippen molar-refractivity contribution in [2.75, 3.05) is 13.1 Å². The number of amides is 1. The quantitative estimate of drug-likeness (QED) is 0.869. The van der Waals surface area contributed by atoms with E-state index in [0.717, 1.165) is 6.07 Å². The van der Waals surface area contributed by atoms with Gasteiger partial charge >= 0.3 is 5.97 Å². The number of rotatable bonds is 4. The summed E-state index contributed by atoms with van der Waals surface area (Å²) < 4.78 is 39.6. The number of carbonyl (C=O) groups excluding carboxylic acids is 1. The molecule has 1 N–H and O–H groups in total. The van der Waals surface area contributed by atoms with E-state index in [9.17, 15) is 22.8 Å². The number of nitrogens with zero attached hydrogens (tertiary/aromatic N) is 1. The van der Waals surface area contributed by atoms with E-state index in [1.54, 1.807) is 0 Å². The lowest BCUT2D eigenvalue weighted by molar-refractivity contribution is -0.137. The molecule has 114 valence electrons. The molecule has 1 fully saturated rings. The lowest BCUT2D eigenvalue weighted by atomic mass is 10.0. The maximum atomic E-state index is 13.6. The van der Waals surface area contributed by atoms with Crippen LogP contribution in [0.1, 0.15) is 29.6 Å². The summed E-state index contributed by atoms with van der Waals surface area (Å²) in [4.78, 5) is 23.9. The van der Waals surface area contributed by atoms with Crippen LogP contribution in [0.3, 0.4) is 0 Å². The van der Waals surface area contributed by atoms with Gasteiger partial charge in [0.1, 0.15) is 0 Å². The van der Waals surface area contributed by atoms with Crippen LogP contribution >= 0.6 is 0 Å². The predicted octanol–water partition coefficient (Wildman–Crippen LogP) is 2.43. The van der Waals surface area contributed by atoms with Crippen LogP contribution < -0.4 is 0 Å². The van der Waals surface area contributed by atoms with Gasteiger partial charge < -0.3 is 10.0 Å². The molecule has 0 spiro atoms. The Hall–Kier alpha value is -2.05. The van der Waals surface area contributed by atoms with E-state index >= 15 is 0 Å². The molecule has 1 aliphatic heterocycles. The number of aliphatic carboxylic acids is 1. The van der Waals surface area contributed by atoms with Crippen molar-refractivity contribution in [2.45, 2.75) is 19.3 Å². The fourth-order valence-corrected chi connectivity index (χ4v) is 2.44. The van der Waals surface area contributed by atoms with E-state index in [-0.39, 0.29) is 12.3 Å². The molecule has 7 heteroatoms. The van der Waals surface area contributed by atoms with Crippen molar-refractivity contribution < 1.29 is 27.9 Å². The summed E-state index contributed by atoms with van der Waals surface area (Å²) in [5, 5.41) is 8.61. The number of halogens is 3. The van der Waals surface area contributed by atoms with Gasteiger partial charge in [0.15, 0.2) is 17.5 Å². The number of carboxylic acid groups (broad SMARTS) is 1. The Morgan fingerprint density at radius 2 is 1.95 bits per heavy atom. The number of carbonyl (C=O) groups is 2. The van der Waals surface area contributed by atoms with E-state index in [4.69, 9.17) is 5.11 Å². The zero-order chi connectivity index (χ0) is 15.6. The van der Waals surface area contributed by atoms with E-state index < -0.39 is 34.9 Å². The molecule has 1 atom stereocenters. The Morgan fingerprint density at radius 3 is 2.62 bits per heavy atom. The minimum atomic E-state index is -1.66. The highest BCUT2D eigenvalue weighted by atomic mass is 19.2. The summed E-state index contributed by atoms with van der Waals surface area (Å²) in [5.74, 6) is -6.09. The molecule has 4 nitrogen and oxygen atoms in total. The first-order valence-electron chi connectivity index (χ1n) is 6.54. The minimum absolute atomic E-state index is 0.00619. The molecule has 1 amide bonds. The molecule has 0 radical (unpaired) electrons. The van der Waals surface area contributed by atoms with Gasteiger partial charge in [-0.1, -0.05) is 0 Å². The minimum Gasteiger partial charge on any atom is -0.481 e. The third-order valence-electron chi connectivity index (χ3n) is 3.61. The molecule has 1 unspecified atom stereocenters. The largest absolute Gasteiger partial charge is 0.481 e. The second kappa shape index (κ2) is 6.15. The maximum Gasteiger partial charge on any atom is 0.303 e. The molecule has 1 heterocycles. The van der Waals surface area contributed by atoms with Crippen molar-refractivity contribution in [3.05, 3.63) is 35.1 Å². The summed E-state index contributed by atoms with van der Waals surface area (Å²) in [6, 6.07) is 1.63. The van der Waals surface area contributed by atoms with Gasteiger partial charge in [0.25, 0.3) is 5.91 Å². The van der Waals surface area contributed by atoms with Gasteiger partial charge in [-0.3, -0.25) is 9.59 Å². The van der Waals surface area contributed by atoms with Crippen molar-refractivity contribution in [2.24, 2.45) is 5.92 Å². The first-order valence-corrected chi connectivity index (χ1v) is 6.54. The average Bonchev–Trinajstić information content (AvgIpc) is 2.91. The molecule has 0 saturated carbocycles. The molecular formula is C14H14F3NO3. The highest BCUT2D eigenvalue weighted by Crippen LogP contribution is 2.24. The van der Waals surface area contributed by atoms with Crippen LogP contribution in [0.4, 0.5) is 13.2 Å². The van der Waals surface area contributed by atoms with Crippen molar-refractivity contribution in [3.8, 4) is 0 Å². The van der Waals surface area contributed by atoms with Gasteiger partial charge in [0, 0.05) is 19.5 Å². The standard InChI is InChI=1S/C14H14F3NO3/c15-10-3-2-9(12(16)13(10)17)14(21)18-6-5-8(7-18)1-4-11(19)20/h2-3,8H,1,4-7H2,(H,19,20). The SMILES string of the molecule is O=C(O)CCC1CCN(C(=O)c2ccc(F)c(F)c2F)C1. The van der Waals surface area contributed by atoms with Crippen molar-refractivity contribution in [1.82, 2.24) is 4.90 Å². The van der Waals surface area contributed by atoms with Gasteiger partial charge in [0.2, 0.25) is 0 Å². The molecule has 1 aromatic carbocycles. The molecule has 1 saturated heterocycles. The van der Waals surface area contributed by atoms with Crippen LogP contribution in [0, 0.1) is 23.4 Å². The van der Waals surface area contributed by atoms with Crippen molar-refractivity contribution >= 4 is 11.9 Å². The molecule has 0 bridgehead atoms. The normalized spacial score (nSPS) is 18.0. The van der Waals surface area contributed by atoms with E-state index in [1.165, 1.54) is 4.90 Å². The van der Waals surface area contributed by atoms with Crippen molar-refractivity contribution in [1.29, 1.82) is 0 Å². The summed E-state index contributed by atoms with van der Waals surface area (Å²) >= 11 is 0. The topological polar surface area (TPSA) is 57.6 Å². The third-order valence-corrected chi connectivity index (χ3v) is 3.61. The Kier molecular flexibility index (Phi) is 4.50. The lowest BCUT2D eigenvalue weighted by Crippen LogP contribution is -2.29. The smallest absolute Gasteiger partial charge is 0.303 e. The molecule has 0 aromatic heterocycles. The van der Waals surface area contributed by atoms with Crippen LogP contribution in [-0.4, -0.2) is 35.0 Å². The van der Waals surface area contributed by atoms with Crippen LogP contribution in [0.15, 0.2) is 12.1 Å². The summed E-state index contributed by atoms with van der Waals surface area (Å²) in [7, 11) is 0. The molecule has 21 heavy (non-hydrogen) atoms. The fraction of sp³-hybridized carbons (Fsp3) is 0.429. The zero-order valence-electron chi connectivity index (χ0n) is 11.1. The number of hydrogen-bond donors (Lipinski definition) is 1. The Balaban J connectivity index is 2.05. The Morgan fingerprint density at radius 1 is 1.24 bits per heavy atom. The molecule has 1 aliphatic rings. The number of hydrogen-bond acceptors (Lipinski definition) is 2. The van der Waals surface area contributed by atoms with Gasteiger partial charge in [-0.15, -0.1) is 0 Å². The molecular weight excluding hydrogens is 287 g/mol. The zero-order valence-corrected chi connectivity index (χ0v) is 11.1. The Labute approximate surface area is 119 Å². The summed E-state index contributed by atoms with van der Waals surface area (Å²) in [5.41, 5.74) is -0.507. The summed E-state index contributed by atoms with van der Waals surface area (Å²) in [6.45, 7) is 0.645. The van der Waals surface area contributed by atoms with Gasteiger partial charge in [-0.2, -0.15) is 0 Å². The highest BCUT2D eigenvalue weighted by molar-refractivity contribution is 5.94. The third kappa shape index (κ3) is 3.34. The predicted molar refractivity (Wildman–Crippen MR) is 67.2 cm³/mol. The van der Waals surface area contributed by atoms with Gasteiger partial charge in [-0.25, -0.2) is 13.2 Å². The van der Waals surface area contributed by atoms with Gasteiger partial charge in [0.05, 0.1) is 5.56 Å². The number of likely N-dealkylation sites (tertiary alicyclic amines) is 1. The average molecular weight is 301 g/mol. The second-order valence-electron chi connectivity index (χ2n) is 5.06.